The molecule has 4 aliphatic rings. The lowest BCUT2D eigenvalue weighted by Gasteiger charge is -2.49. The standard InChI is InChI=1S/C35H31ClN2O6/c1-18-9-10-20(15-27(18)36)37-31(40)24-14-13-22-25(29(24)33(37)42)17-26-32(41)38(19-7-5-4-6-8-19)34(43)35(26,2)30(22)23-12-11-21(39)16-28(23)44-3/h4-13,15-16,24-26,29-30,39H,14,17H2,1-3H3. The molecule has 2 heterocycles. The largest absolute Gasteiger partial charge is 0.508 e. The molecule has 3 aromatic carbocycles. The fourth-order valence-corrected chi connectivity index (χ4v) is 8.27. The van der Waals surface area contributed by atoms with E-state index in [1.807, 2.05) is 26.0 Å². The number of carbonyl (C=O) groups excluding carboxylic acids is 4. The molecule has 0 bridgehead atoms. The number of allylic oxidation sites excluding steroid dienone is 2. The van der Waals surface area contributed by atoms with Gasteiger partial charge in [0.1, 0.15) is 11.5 Å². The lowest BCUT2D eigenvalue weighted by molar-refractivity contribution is -0.131. The quantitative estimate of drug-likeness (QED) is 0.296. The van der Waals surface area contributed by atoms with Gasteiger partial charge in [0.05, 0.1) is 41.7 Å². The minimum Gasteiger partial charge on any atom is -0.508 e. The minimum absolute atomic E-state index is 0.000977. The SMILES string of the molecule is COc1cc(O)ccc1C1C2=CCC3C(=O)N(c4ccc(C)c(Cl)c4)C(=O)C3C2CC2C(=O)N(c3ccccc3)C(=O)C21C. The maximum atomic E-state index is 14.5. The Balaban J connectivity index is 1.38. The number of amides is 4. The monoisotopic (exact) mass is 610 g/mol. The zero-order valence-corrected chi connectivity index (χ0v) is 25.2. The fourth-order valence-electron chi connectivity index (χ4n) is 8.10. The number of halogens is 1. The predicted molar refractivity (Wildman–Crippen MR) is 164 cm³/mol. The van der Waals surface area contributed by atoms with E-state index >= 15 is 0 Å². The highest BCUT2D eigenvalue weighted by atomic mass is 35.5. The molecule has 3 aromatic rings. The van der Waals surface area contributed by atoms with E-state index < -0.39 is 35.0 Å². The Kier molecular flexibility index (Phi) is 6.48. The van der Waals surface area contributed by atoms with Crippen LogP contribution in [0.4, 0.5) is 11.4 Å². The third kappa shape index (κ3) is 3.83. The van der Waals surface area contributed by atoms with Gasteiger partial charge in [-0.3, -0.25) is 19.2 Å². The van der Waals surface area contributed by atoms with Crippen molar-refractivity contribution in [2.45, 2.75) is 32.6 Å². The second-order valence-electron chi connectivity index (χ2n) is 12.4. The highest BCUT2D eigenvalue weighted by Crippen LogP contribution is 2.64. The number of aromatic hydroxyl groups is 1. The van der Waals surface area contributed by atoms with Crippen molar-refractivity contribution in [3.05, 3.63) is 94.5 Å². The van der Waals surface area contributed by atoms with Gasteiger partial charge in [-0.1, -0.05) is 53.6 Å². The number of para-hydroxylation sites is 1. The molecular formula is C35H31ClN2O6. The molecule has 0 aromatic heterocycles. The van der Waals surface area contributed by atoms with Crippen molar-refractivity contribution in [3.8, 4) is 11.5 Å². The van der Waals surface area contributed by atoms with E-state index in [1.165, 1.54) is 29.0 Å². The zero-order chi connectivity index (χ0) is 31.1. The van der Waals surface area contributed by atoms with Gasteiger partial charge in [0.25, 0.3) is 0 Å². The van der Waals surface area contributed by atoms with E-state index in [4.69, 9.17) is 16.3 Å². The molecule has 1 saturated carbocycles. The van der Waals surface area contributed by atoms with Gasteiger partial charge in [-0.2, -0.15) is 0 Å². The Morgan fingerprint density at radius 2 is 1.64 bits per heavy atom. The van der Waals surface area contributed by atoms with Crippen LogP contribution in [0.15, 0.2) is 78.4 Å². The van der Waals surface area contributed by atoms with E-state index in [2.05, 4.69) is 0 Å². The van der Waals surface area contributed by atoms with Crippen LogP contribution in [-0.4, -0.2) is 35.8 Å². The zero-order valence-electron chi connectivity index (χ0n) is 24.5. The molecule has 224 valence electrons. The first-order valence-corrected chi connectivity index (χ1v) is 15.1. The molecule has 2 aliphatic carbocycles. The third-order valence-corrected chi connectivity index (χ3v) is 10.6. The van der Waals surface area contributed by atoms with Crippen LogP contribution in [0, 0.1) is 36.0 Å². The van der Waals surface area contributed by atoms with Crippen LogP contribution in [0.5, 0.6) is 11.5 Å². The number of phenolic OH excluding ortho intramolecular Hbond substituents is 1. The number of hydrogen-bond acceptors (Lipinski definition) is 6. The molecule has 6 unspecified atom stereocenters. The highest BCUT2D eigenvalue weighted by molar-refractivity contribution is 6.32. The van der Waals surface area contributed by atoms with Crippen LogP contribution in [0.2, 0.25) is 5.02 Å². The van der Waals surface area contributed by atoms with Crippen LogP contribution < -0.4 is 14.5 Å². The number of ether oxygens (including phenoxy) is 1. The Hall–Kier alpha value is -4.43. The summed E-state index contributed by atoms with van der Waals surface area (Å²) in [6, 6.07) is 18.7. The number of rotatable bonds is 4. The predicted octanol–water partition coefficient (Wildman–Crippen LogP) is 5.80. The average molecular weight is 611 g/mol. The number of carbonyl (C=O) groups is 4. The smallest absolute Gasteiger partial charge is 0.241 e. The maximum absolute atomic E-state index is 14.5. The summed E-state index contributed by atoms with van der Waals surface area (Å²) in [5.74, 6) is -4.06. The Morgan fingerprint density at radius 3 is 2.34 bits per heavy atom. The summed E-state index contributed by atoms with van der Waals surface area (Å²) in [5.41, 5.74) is 2.02. The van der Waals surface area contributed by atoms with E-state index in [0.717, 1.165) is 11.1 Å². The average Bonchev–Trinajstić information content (AvgIpc) is 3.38. The summed E-state index contributed by atoms with van der Waals surface area (Å²) in [6.07, 6.45) is 2.55. The van der Waals surface area contributed by atoms with E-state index in [9.17, 15) is 24.3 Å². The van der Waals surface area contributed by atoms with Crippen LogP contribution in [0.25, 0.3) is 0 Å². The van der Waals surface area contributed by atoms with Gasteiger partial charge in [-0.25, -0.2) is 9.80 Å². The number of nitrogens with zero attached hydrogens (tertiary/aromatic N) is 2. The molecule has 44 heavy (non-hydrogen) atoms. The molecule has 4 amide bonds. The second kappa shape index (κ2) is 10.1. The number of hydrogen-bond donors (Lipinski definition) is 1. The Bertz CT molecular complexity index is 1790. The van der Waals surface area contributed by atoms with Gasteiger partial charge in [-0.05, 0) is 68.5 Å². The van der Waals surface area contributed by atoms with Crippen molar-refractivity contribution in [2.24, 2.45) is 29.1 Å². The Morgan fingerprint density at radius 1 is 0.886 bits per heavy atom. The van der Waals surface area contributed by atoms with Gasteiger partial charge < -0.3 is 9.84 Å². The molecule has 2 aliphatic heterocycles. The van der Waals surface area contributed by atoms with Crippen molar-refractivity contribution < 1.29 is 29.0 Å². The first kappa shape index (κ1) is 28.3. The molecule has 2 saturated heterocycles. The van der Waals surface area contributed by atoms with Crippen molar-refractivity contribution in [1.29, 1.82) is 0 Å². The van der Waals surface area contributed by atoms with E-state index in [0.29, 0.717) is 34.1 Å². The van der Waals surface area contributed by atoms with Gasteiger partial charge in [-0.15, -0.1) is 0 Å². The fraction of sp³-hybridized carbons (Fsp3) is 0.314. The Labute approximate surface area is 259 Å². The lowest BCUT2D eigenvalue weighted by atomic mass is 9.51. The van der Waals surface area contributed by atoms with Gasteiger partial charge in [0.15, 0.2) is 0 Å². The van der Waals surface area contributed by atoms with Crippen molar-refractivity contribution in [2.75, 3.05) is 16.9 Å². The normalized spacial score (nSPS) is 29.4. The first-order valence-electron chi connectivity index (χ1n) is 14.7. The molecule has 7 rings (SSSR count). The van der Waals surface area contributed by atoms with Crippen LogP contribution in [-0.2, 0) is 19.2 Å². The molecule has 6 atom stereocenters. The van der Waals surface area contributed by atoms with Crippen molar-refractivity contribution in [3.63, 3.8) is 0 Å². The van der Waals surface area contributed by atoms with Crippen LogP contribution in [0.3, 0.4) is 0 Å². The molecule has 9 heteroatoms. The van der Waals surface area contributed by atoms with Crippen LogP contribution >= 0.6 is 11.6 Å². The summed E-state index contributed by atoms with van der Waals surface area (Å²) in [6.45, 7) is 3.67. The first-order chi connectivity index (χ1) is 21.1. The molecular weight excluding hydrogens is 580 g/mol. The minimum atomic E-state index is -1.21. The number of imide groups is 2. The summed E-state index contributed by atoms with van der Waals surface area (Å²) in [7, 11) is 1.49. The number of methoxy groups -OCH3 is 1. The second-order valence-corrected chi connectivity index (χ2v) is 12.8. The maximum Gasteiger partial charge on any atom is 0.241 e. The summed E-state index contributed by atoms with van der Waals surface area (Å²) in [4.78, 5) is 59.3. The molecule has 0 radical (unpaired) electrons. The molecule has 0 spiro atoms. The van der Waals surface area contributed by atoms with E-state index in [-0.39, 0.29) is 35.8 Å². The van der Waals surface area contributed by atoms with Crippen LogP contribution in [0.1, 0.15) is 36.8 Å². The van der Waals surface area contributed by atoms with Gasteiger partial charge >= 0.3 is 0 Å². The van der Waals surface area contributed by atoms with Crippen molar-refractivity contribution in [1.82, 2.24) is 0 Å². The summed E-state index contributed by atoms with van der Waals surface area (Å²) in [5, 5.41) is 10.7. The van der Waals surface area contributed by atoms with E-state index in [1.54, 1.807) is 48.5 Å². The molecule has 1 N–H and O–H groups in total. The number of fused-ring (bicyclic) bond motifs is 4. The topological polar surface area (TPSA) is 104 Å². The number of phenols is 1. The lowest BCUT2D eigenvalue weighted by Crippen LogP contribution is -2.49. The number of anilines is 2. The molecule has 8 nitrogen and oxygen atoms in total. The third-order valence-electron chi connectivity index (χ3n) is 10.2. The number of aryl methyl sites for hydroxylation is 1. The highest BCUT2D eigenvalue weighted by Gasteiger charge is 2.68. The van der Waals surface area contributed by atoms with Gasteiger partial charge in [0.2, 0.25) is 23.6 Å². The van der Waals surface area contributed by atoms with Gasteiger partial charge in [0, 0.05) is 22.6 Å². The summed E-state index contributed by atoms with van der Waals surface area (Å²) >= 11 is 6.38. The van der Waals surface area contributed by atoms with Crippen molar-refractivity contribution >= 4 is 46.6 Å². The summed E-state index contributed by atoms with van der Waals surface area (Å²) < 4.78 is 5.71. The molecule has 3 fully saturated rings. The number of benzene rings is 3.